The van der Waals surface area contributed by atoms with Crippen molar-refractivity contribution < 1.29 is 0 Å². The number of hydrogen-bond donors (Lipinski definition) is 0. The second-order valence-corrected chi connectivity index (χ2v) is 6.29. The summed E-state index contributed by atoms with van der Waals surface area (Å²) in [6, 6.07) is 11.3. The van der Waals surface area contributed by atoms with Crippen molar-refractivity contribution in [3.05, 3.63) is 57.2 Å². The molecule has 110 valence electrons. The molecule has 3 heterocycles. The van der Waals surface area contributed by atoms with Gasteiger partial charge in [-0.15, -0.1) is 21.5 Å². The summed E-state index contributed by atoms with van der Waals surface area (Å²) >= 11 is 7.41. The topological polar surface area (TPSA) is 51.0 Å². The predicted molar refractivity (Wildman–Crippen MR) is 88.1 cm³/mol. The highest BCUT2D eigenvalue weighted by molar-refractivity contribution is 7.13. The lowest BCUT2D eigenvalue weighted by Crippen LogP contribution is -2.23. The Morgan fingerprint density at radius 2 is 1.91 bits per heavy atom. The summed E-state index contributed by atoms with van der Waals surface area (Å²) in [6.45, 7) is 1.30. The van der Waals surface area contributed by atoms with Crippen molar-refractivity contribution in [3.8, 4) is 10.6 Å². The van der Waals surface area contributed by atoms with E-state index in [1.54, 1.807) is 4.57 Å². The van der Waals surface area contributed by atoms with Crippen LogP contribution in [-0.2, 0) is 6.54 Å². The minimum Gasteiger partial charge on any atom is -0.309 e. The largest absolute Gasteiger partial charge is 0.309 e. The van der Waals surface area contributed by atoms with E-state index >= 15 is 0 Å². The van der Waals surface area contributed by atoms with E-state index in [-0.39, 0.29) is 5.56 Å². The first-order chi connectivity index (χ1) is 10.7. The second-order valence-electron chi connectivity index (χ2n) is 4.91. The predicted octanol–water partition coefficient (Wildman–Crippen LogP) is 3.17. The van der Waals surface area contributed by atoms with Gasteiger partial charge in [0.2, 0.25) is 5.95 Å². The van der Waals surface area contributed by atoms with Gasteiger partial charge >= 0.3 is 0 Å². The minimum atomic E-state index is -0.0936. The molecule has 0 saturated heterocycles. The standard InChI is InChI=1S/C15H11ClN4OS/c16-10-3-5-11(6-4-10)19-7-8-20-14(21)13(17-18-15(19)20)12-2-1-9-22-12/h1-6,9H,7-8H2. The van der Waals surface area contributed by atoms with Gasteiger partial charge in [-0.25, -0.2) is 0 Å². The van der Waals surface area contributed by atoms with Gasteiger partial charge in [0.15, 0.2) is 5.69 Å². The van der Waals surface area contributed by atoms with Crippen molar-refractivity contribution >= 4 is 34.6 Å². The lowest BCUT2D eigenvalue weighted by atomic mass is 10.3. The summed E-state index contributed by atoms with van der Waals surface area (Å²) in [5, 5.41) is 11.0. The molecule has 1 aliphatic heterocycles. The molecule has 0 fully saturated rings. The average Bonchev–Trinajstić information content (AvgIpc) is 3.18. The number of fused-ring (bicyclic) bond motifs is 1. The number of nitrogens with zero attached hydrogens (tertiary/aromatic N) is 4. The van der Waals surface area contributed by atoms with E-state index in [2.05, 4.69) is 10.2 Å². The van der Waals surface area contributed by atoms with Crippen molar-refractivity contribution in [2.45, 2.75) is 6.54 Å². The first-order valence-corrected chi connectivity index (χ1v) is 8.04. The fourth-order valence-electron chi connectivity index (χ4n) is 2.54. The Labute approximate surface area is 135 Å². The third kappa shape index (κ3) is 2.12. The van der Waals surface area contributed by atoms with Crippen LogP contribution in [-0.4, -0.2) is 21.3 Å². The molecule has 2 aromatic heterocycles. The molecule has 0 radical (unpaired) electrons. The molecule has 3 aromatic rings. The van der Waals surface area contributed by atoms with Crippen molar-refractivity contribution in [1.82, 2.24) is 14.8 Å². The van der Waals surface area contributed by atoms with Crippen LogP contribution >= 0.6 is 22.9 Å². The Morgan fingerprint density at radius 1 is 1.09 bits per heavy atom. The molecule has 0 N–H and O–H groups in total. The van der Waals surface area contributed by atoms with Gasteiger partial charge in [0, 0.05) is 23.8 Å². The summed E-state index contributed by atoms with van der Waals surface area (Å²) in [5.41, 5.74) is 1.27. The highest BCUT2D eigenvalue weighted by Gasteiger charge is 2.25. The van der Waals surface area contributed by atoms with Gasteiger partial charge in [-0.3, -0.25) is 9.36 Å². The van der Waals surface area contributed by atoms with Gasteiger partial charge in [-0.05, 0) is 35.7 Å². The van der Waals surface area contributed by atoms with Crippen LogP contribution in [0.5, 0.6) is 0 Å². The summed E-state index contributed by atoms with van der Waals surface area (Å²) in [4.78, 5) is 15.4. The maximum Gasteiger partial charge on any atom is 0.282 e. The van der Waals surface area contributed by atoms with Crippen LogP contribution in [0, 0.1) is 0 Å². The van der Waals surface area contributed by atoms with Gasteiger partial charge < -0.3 is 4.90 Å². The van der Waals surface area contributed by atoms with Crippen LogP contribution in [0.2, 0.25) is 5.02 Å². The van der Waals surface area contributed by atoms with Crippen LogP contribution < -0.4 is 10.5 Å². The van der Waals surface area contributed by atoms with E-state index in [1.165, 1.54) is 11.3 Å². The number of anilines is 2. The number of halogens is 1. The molecule has 0 saturated carbocycles. The van der Waals surface area contributed by atoms with Crippen LogP contribution in [0.25, 0.3) is 10.6 Å². The fourth-order valence-corrected chi connectivity index (χ4v) is 3.37. The fraction of sp³-hybridized carbons (Fsp3) is 0.133. The Kier molecular flexibility index (Phi) is 3.20. The van der Waals surface area contributed by atoms with Gasteiger partial charge in [-0.2, -0.15) is 0 Å². The summed E-state index contributed by atoms with van der Waals surface area (Å²) in [6.07, 6.45) is 0. The minimum absolute atomic E-state index is 0.0936. The second kappa shape index (κ2) is 5.23. The van der Waals surface area contributed by atoms with Crippen molar-refractivity contribution in [2.24, 2.45) is 0 Å². The molecule has 0 aliphatic carbocycles. The molecule has 1 aromatic carbocycles. The third-order valence-electron chi connectivity index (χ3n) is 3.61. The quantitative estimate of drug-likeness (QED) is 0.724. The molecule has 0 bridgehead atoms. The highest BCUT2D eigenvalue weighted by Crippen LogP contribution is 2.28. The van der Waals surface area contributed by atoms with Gasteiger partial charge in [0.25, 0.3) is 5.56 Å². The van der Waals surface area contributed by atoms with Gasteiger partial charge in [-0.1, -0.05) is 17.7 Å². The zero-order chi connectivity index (χ0) is 15.1. The Hall–Kier alpha value is -2.18. The van der Waals surface area contributed by atoms with E-state index in [1.807, 2.05) is 46.7 Å². The average molecular weight is 331 g/mol. The van der Waals surface area contributed by atoms with Crippen molar-refractivity contribution in [2.75, 3.05) is 11.4 Å². The zero-order valence-corrected chi connectivity index (χ0v) is 13.0. The van der Waals surface area contributed by atoms with Gasteiger partial charge in [0.1, 0.15) is 0 Å². The summed E-state index contributed by atoms with van der Waals surface area (Å²) in [5.74, 6) is 0.577. The molecular formula is C15H11ClN4OS. The maximum absolute atomic E-state index is 12.6. The summed E-state index contributed by atoms with van der Waals surface area (Å²) in [7, 11) is 0. The molecule has 4 rings (SSSR count). The Balaban J connectivity index is 1.79. The zero-order valence-electron chi connectivity index (χ0n) is 11.4. The number of benzene rings is 1. The molecule has 0 atom stereocenters. The third-order valence-corrected chi connectivity index (χ3v) is 4.74. The Morgan fingerprint density at radius 3 is 2.64 bits per heavy atom. The first-order valence-electron chi connectivity index (χ1n) is 6.78. The number of aromatic nitrogens is 3. The monoisotopic (exact) mass is 330 g/mol. The van der Waals surface area contributed by atoms with Crippen LogP contribution in [0.15, 0.2) is 46.6 Å². The van der Waals surface area contributed by atoms with E-state index in [4.69, 9.17) is 11.6 Å². The SMILES string of the molecule is O=c1c(-c2cccs2)nnc2n1CCN2c1ccc(Cl)cc1. The van der Waals surface area contributed by atoms with Crippen LogP contribution in [0.4, 0.5) is 11.6 Å². The Bertz CT molecular complexity index is 874. The highest BCUT2D eigenvalue weighted by atomic mass is 35.5. The molecule has 0 unspecified atom stereocenters. The number of rotatable bonds is 2. The summed E-state index contributed by atoms with van der Waals surface area (Å²) < 4.78 is 1.68. The molecule has 7 heteroatoms. The van der Waals surface area contributed by atoms with Crippen molar-refractivity contribution in [3.63, 3.8) is 0 Å². The van der Waals surface area contributed by atoms with Crippen molar-refractivity contribution in [1.29, 1.82) is 0 Å². The maximum atomic E-state index is 12.6. The van der Waals surface area contributed by atoms with E-state index in [0.717, 1.165) is 10.6 Å². The van der Waals surface area contributed by atoms with Crippen LogP contribution in [0.1, 0.15) is 0 Å². The van der Waals surface area contributed by atoms with E-state index in [0.29, 0.717) is 29.8 Å². The van der Waals surface area contributed by atoms with Gasteiger partial charge in [0.05, 0.1) is 4.88 Å². The molecule has 1 aliphatic rings. The molecule has 22 heavy (non-hydrogen) atoms. The molecule has 5 nitrogen and oxygen atoms in total. The first kappa shape index (κ1) is 13.5. The normalized spacial score (nSPS) is 13.4. The lowest BCUT2D eigenvalue weighted by Gasteiger charge is -2.16. The molecular weight excluding hydrogens is 320 g/mol. The van der Waals surface area contributed by atoms with Crippen LogP contribution in [0.3, 0.4) is 0 Å². The smallest absolute Gasteiger partial charge is 0.282 e. The molecule has 0 amide bonds. The number of hydrogen-bond acceptors (Lipinski definition) is 5. The molecule has 0 spiro atoms. The van der Waals surface area contributed by atoms with E-state index in [9.17, 15) is 4.79 Å². The number of thiophene rings is 1. The lowest BCUT2D eigenvalue weighted by molar-refractivity contribution is 0.743. The van der Waals surface area contributed by atoms with E-state index < -0.39 is 0 Å².